The maximum absolute atomic E-state index is 12.6. The summed E-state index contributed by atoms with van der Waals surface area (Å²) in [5, 5.41) is 6.68. The Bertz CT molecular complexity index is 896. The van der Waals surface area contributed by atoms with Gasteiger partial charge >= 0.3 is 6.18 Å². The Kier molecular flexibility index (Phi) is 7.60. The molecule has 2 aromatic heterocycles. The van der Waals surface area contributed by atoms with Gasteiger partial charge in [-0.2, -0.15) is 23.0 Å². The van der Waals surface area contributed by atoms with E-state index in [1.807, 2.05) is 13.8 Å². The van der Waals surface area contributed by atoms with Crippen LogP contribution in [0, 0.1) is 0 Å². The summed E-state index contributed by atoms with van der Waals surface area (Å²) >= 11 is 6.07. The predicted octanol–water partition coefficient (Wildman–Crippen LogP) is 3.36. The summed E-state index contributed by atoms with van der Waals surface area (Å²) in [6, 6.07) is 1.85. The number of rotatable bonds is 8. The Morgan fingerprint density at radius 1 is 1.24 bits per heavy atom. The zero-order chi connectivity index (χ0) is 21.6. The van der Waals surface area contributed by atoms with Gasteiger partial charge in [-0.1, -0.05) is 11.6 Å². The van der Waals surface area contributed by atoms with Crippen molar-refractivity contribution in [2.45, 2.75) is 32.9 Å². The number of halogens is 4. The summed E-state index contributed by atoms with van der Waals surface area (Å²) < 4.78 is 38.7. The van der Waals surface area contributed by atoms with Crippen LogP contribution < -0.4 is 10.9 Å². The first kappa shape index (κ1) is 22.7. The zero-order valence-corrected chi connectivity index (χ0v) is 16.7. The molecule has 2 aromatic rings. The van der Waals surface area contributed by atoms with E-state index in [-0.39, 0.29) is 22.4 Å². The molecule has 0 radical (unpaired) electrons. The van der Waals surface area contributed by atoms with Crippen LogP contribution >= 0.6 is 11.6 Å². The first-order valence-corrected chi connectivity index (χ1v) is 9.39. The van der Waals surface area contributed by atoms with Gasteiger partial charge < -0.3 is 10.2 Å². The second-order valence-electron chi connectivity index (χ2n) is 6.09. The van der Waals surface area contributed by atoms with Crippen LogP contribution in [0.1, 0.15) is 32.3 Å². The normalized spacial score (nSPS) is 11.4. The number of pyridine rings is 1. The van der Waals surface area contributed by atoms with E-state index in [1.54, 1.807) is 4.90 Å². The average Bonchev–Trinajstić information content (AvgIpc) is 2.69. The quantitative estimate of drug-likeness (QED) is 0.648. The van der Waals surface area contributed by atoms with E-state index in [9.17, 15) is 22.8 Å². The fourth-order valence-electron chi connectivity index (χ4n) is 2.60. The number of hydrogen-bond acceptors (Lipinski definition) is 5. The van der Waals surface area contributed by atoms with Gasteiger partial charge in [0.15, 0.2) is 5.82 Å². The Hall–Kier alpha value is -2.62. The fraction of sp³-hybridized carbons (Fsp3) is 0.444. The molecular formula is C18H21ClF3N5O2. The van der Waals surface area contributed by atoms with Crippen molar-refractivity contribution in [3.05, 3.63) is 45.5 Å². The second kappa shape index (κ2) is 9.73. The van der Waals surface area contributed by atoms with Crippen LogP contribution in [0.4, 0.5) is 18.9 Å². The van der Waals surface area contributed by atoms with E-state index in [0.29, 0.717) is 38.7 Å². The molecule has 158 valence electrons. The van der Waals surface area contributed by atoms with E-state index in [2.05, 4.69) is 15.4 Å². The molecule has 0 fully saturated rings. The first-order valence-electron chi connectivity index (χ1n) is 9.02. The third-order valence-electron chi connectivity index (χ3n) is 4.21. The molecule has 0 bridgehead atoms. The van der Waals surface area contributed by atoms with Crippen LogP contribution in [-0.4, -0.2) is 45.2 Å². The van der Waals surface area contributed by atoms with E-state index in [4.69, 9.17) is 11.6 Å². The standard InChI is InChI=1S/C18H21ClF3N5O2/c1-3-26(4-2)15(28)6-5-9-23-13-11-25-27(17(29)16(13)19)14-8-7-12(10-24-14)18(20,21)22/h7-8,10-11,23H,3-6,9H2,1-2H3. The summed E-state index contributed by atoms with van der Waals surface area (Å²) in [6.07, 6.45) is -1.73. The molecule has 0 aliphatic carbocycles. The van der Waals surface area contributed by atoms with Crippen molar-refractivity contribution in [3.8, 4) is 5.82 Å². The Morgan fingerprint density at radius 2 is 1.93 bits per heavy atom. The second-order valence-corrected chi connectivity index (χ2v) is 6.47. The lowest BCUT2D eigenvalue weighted by Crippen LogP contribution is -2.30. The molecule has 0 aliphatic rings. The van der Waals surface area contributed by atoms with Gasteiger partial charge in [-0.25, -0.2) is 4.98 Å². The maximum Gasteiger partial charge on any atom is 0.417 e. The van der Waals surface area contributed by atoms with Gasteiger partial charge in [-0.3, -0.25) is 9.59 Å². The third-order valence-corrected chi connectivity index (χ3v) is 4.58. The lowest BCUT2D eigenvalue weighted by molar-refractivity contribution is -0.137. The summed E-state index contributed by atoms with van der Waals surface area (Å²) in [7, 11) is 0. The molecule has 0 aromatic carbocycles. The van der Waals surface area contributed by atoms with Crippen LogP contribution in [0.2, 0.25) is 5.02 Å². The van der Waals surface area contributed by atoms with Crippen molar-refractivity contribution < 1.29 is 18.0 Å². The number of carbonyl (C=O) groups excluding carboxylic acids is 1. The lowest BCUT2D eigenvalue weighted by atomic mass is 10.2. The van der Waals surface area contributed by atoms with Crippen LogP contribution in [0.3, 0.4) is 0 Å². The highest BCUT2D eigenvalue weighted by atomic mass is 35.5. The highest BCUT2D eigenvalue weighted by Gasteiger charge is 2.30. The van der Waals surface area contributed by atoms with Gasteiger partial charge in [-0.15, -0.1) is 0 Å². The molecule has 0 atom stereocenters. The Morgan fingerprint density at radius 3 is 2.48 bits per heavy atom. The van der Waals surface area contributed by atoms with Crippen molar-refractivity contribution in [1.82, 2.24) is 19.7 Å². The van der Waals surface area contributed by atoms with Gasteiger partial charge in [0.05, 0.1) is 17.4 Å². The average molecular weight is 432 g/mol. The topological polar surface area (TPSA) is 80.1 Å². The first-order chi connectivity index (χ1) is 13.7. The summed E-state index contributed by atoms with van der Waals surface area (Å²) in [6.45, 7) is 5.51. The van der Waals surface area contributed by atoms with Gasteiger partial charge in [0.2, 0.25) is 5.91 Å². The molecule has 7 nitrogen and oxygen atoms in total. The monoisotopic (exact) mass is 431 g/mol. The molecular weight excluding hydrogens is 411 g/mol. The van der Waals surface area contributed by atoms with Gasteiger partial charge in [0.1, 0.15) is 5.02 Å². The molecule has 2 heterocycles. The van der Waals surface area contributed by atoms with Gasteiger partial charge in [0, 0.05) is 32.3 Å². The highest BCUT2D eigenvalue weighted by Crippen LogP contribution is 2.28. The smallest absolute Gasteiger partial charge is 0.382 e. The minimum absolute atomic E-state index is 0.0461. The number of hydrogen-bond donors (Lipinski definition) is 1. The molecule has 0 unspecified atom stereocenters. The summed E-state index contributed by atoms with van der Waals surface area (Å²) in [4.78, 5) is 29.7. The molecule has 0 saturated heterocycles. The van der Waals surface area contributed by atoms with Crippen LogP contribution in [0.25, 0.3) is 5.82 Å². The molecule has 1 N–H and O–H groups in total. The molecule has 11 heteroatoms. The molecule has 1 amide bonds. The number of anilines is 1. The van der Waals surface area contributed by atoms with Gasteiger partial charge in [0.25, 0.3) is 5.56 Å². The van der Waals surface area contributed by atoms with Crippen LogP contribution in [-0.2, 0) is 11.0 Å². The summed E-state index contributed by atoms with van der Waals surface area (Å²) in [5.74, 6) is -0.0360. The molecule has 0 spiro atoms. The minimum atomic E-state index is -4.53. The highest BCUT2D eigenvalue weighted by molar-refractivity contribution is 6.32. The number of nitrogens with one attached hydrogen (secondary N) is 1. The van der Waals surface area contributed by atoms with Gasteiger partial charge in [-0.05, 0) is 32.4 Å². The van der Waals surface area contributed by atoms with Crippen LogP contribution in [0.15, 0.2) is 29.3 Å². The van der Waals surface area contributed by atoms with Crippen molar-refractivity contribution in [3.63, 3.8) is 0 Å². The number of alkyl halides is 3. The van der Waals surface area contributed by atoms with Crippen molar-refractivity contribution in [2.75, 3.05) is 25.0 Å². The largest absolute Gasteiger partial charge is 0.417 e. The Balaban J connectivity index is 2.04. The van der Waals surface area contributed by atoms with Crippen molar-refractivity contribution >= 4 is 23.2 Å². The SMILES string of the molecule is CCN(CC)C(=O)CCCNc1cnn(-c2ccc(C(F)(F)F)cn2)c(=O)c1Cl. The third kappa shape index (κ3) is 5.69. The number of amides is 1. The minimum Gasteiger partial charge on any atom is -0.382 e. The van der Waals surface area contributed by atoms with E-state index in [1.165, 1.54) is 6.20 Å². The molecule has 29 heavy (non-hydrogen) atoms. The van der Waals surface area contributed by atoms with Crippen molar-refractivity contribution in [2.24, 2.45) is 0 Å². The van der Waals surface area contributed by atoms with Crippen molar-refractivity contribution in [1.29, 1.82) is 0 Å². The van der Waals surface area contributed by atoms with E-state index in [0.717, 1.165) is 16.8 Å². The number of nitrogens with zero attached hydrogens (tertiary/aromatic N) is 4. The van der Waals surface area contributed by atoms with E-state index < -0.39 is 17.3 Å². The lowest BCUT2D eigenvalue weighted by Gasteiger charge is -2.18. The van der Waals surface area contributed by atoms with E-state index >= 15 is 0 Å². The molecule has 2 rings (SSSR count). The van der Waals surface area contributed by atoms with Crippen LogP contribution in [0.5, 0.6) is 0 Å². The molecule has 0 saturated carbocycles. The number of carbonyl (C=O) groups is 1. The molecule has 0 aliphatic heterocycles. The number of aromatic nitrogens is 3. The Labute approximate surface area is 170 Å². The fourth-order valence-corrected chi connectivity index (χ4v) is 2.79. The zero-order valence-electron chi connectivity index (χ0n) is 16.0. The summed E-state index contributed by atoms with van der Waals surface area (Å²) in [5.41, 5.74) is -1.38. The predicted molar refractivity (Wildman–Crippen MR) is 103 cm³/mol. The maximum atomic E-state index is 12.6.